The van der Waals surface area contributed by atoms with E-state index in [1.165, 1.54) is 0 Å². The highest BCUT2D eigenvalue weighted by molar-refractivity contribution is 5.93. The van der Waals surface area contributed by atoms with Gasteiger partial charge in [0.05, 0.1) is 18.4 Å². The molecule has 1 atom stereocenters. The number of ether oxygens (including phenoxy) is 1. The van der Waals surface area contributed by atoms with Crippen LogP contribution in [-0.4, -0.2) is 40.5 Å². The Morgan fingerprint density at radius 3 is 2.64 bits per heavy atom. The number of furan rings is 1. The number of amides is 1. The van der Waals surface area contributed by atoms with Crippen LogP contribution >= 0.6 is 0 Å². The number of aryl methyl sites for hydroxylation is 1. The van der Waals surface area contributed by atoms with E-state index in [1.54, 1.807) is 24.2 Å². The lowest BCUT2D eigenvalue weighted by molar-refractivity contribution is -0.138. The Morgan fingerprint density at radius 1 is 1.28 bits per heavy atom. The predicted molar refractivity (Wildman–Crippen MR) is 92.4 cm³/mol. The van der Waals surface area contributed by atoms with Crippen LogP contribution < -0.4 is 0 Å². The van der Waals surface area contributed by atoms with E-state index in [9.17, 15) is 9.59 Å². The first-order chi connectivity index (χ1) is 12.0. The van der Waals surface area contributed by atoms with E-state index in [0.29, 0.717) is 12.1 Å². The number of esters is 1. The second-order valence-corrected chi connectivity index (χ2v) is 6.53. The molecule has 1 fully saturated rings. The molecule has 134 valence electrons. The number of likely N-dealkylation sites (tertiary alicyclic amines) is 1. The van der Waals surface area contributed by atoms with Crippen molar-refractivity contribution in [3.8, 4) is 0 Å². The van der Waals surface area contributed by atoms with E-state index in [0.717, 1.165) is 43.1 Å². The SMILES string of the molecule is Cc1cc(C(=O)O[C@H](C)C(=O)N2CCCC2)c(C)n1Cc1ccco1. The highest BCUT2D eigenvalue weighted by Gasteiger charge is 2.27. The summed E-state index contributed by atoms with van der Waals surface area (Å²) in [5.74, 6) is 0.244. The minimum absolute atomic E-state index is 0.116. The van der Waals surface area contributed by atoms with Gasteiger partial charge in [-0.05, 0) is 51.8 Å². The Hall–Kier alpha value is -2.50. The Bertz CT molecular complexity index is 755. The summed E-state index contributed by atoms with van der Waals surface area (Å²) in [6, 6.07) is 5.53. The van der Waals surface area contributed by atoms with Crippen LogP contribution in [0.2, 0.25) is 0 Å². The normalized spacial score (nSPS) is 15.4. The molecule has 1 aliphatic rings. The fourth-order valence-electron chi connectivity index (χ4n) is 3.28. The van der Waals surface area contributed by atoms with Gasteiger partial charge in [0.25, 0.3) is 5.91 Å². The number of hydrogen-bond acceptors (Lipinski definition) is 4. The Kier molecular flexibility index (Phi) is 4.97. The molecule has 0 bridgehead atoms. The van der Waals surface area contributed by atoms with Crippen LogP contribution in [-0.2, 0) is 16.1 Å². The molecule has 0 aliphatic carbocycles. The summed E-state index contributed by atoms with van der Waals surface area (Å²) in [4.78, 5) is 26.6. The molecule has 2 aromatic heterocycles. The molecule has 0 radical (unpaired) electrons. The topological polar surface area (TPSA) is 64.7 Å². The summed E-state index contributed by atoms with van der Waals surface area (Å²) in [5.41, 5.74) is 2.24. The third-order valence-electron chi connectivity index (χ3n) is 4.74. The first-order valence-electron chi connectivity index (χ1n) is 8.66. The van der Waals surface area contributed by atoms with E-state index < -0.39 is 12.1 Å². The van der Waals surface area contributed by atoms with E-state index in [-0.39, 0.29) is 5.91 Å². The molecule has 3 rings (SSSR count). The van der Waals surface area contributed by atoms with Crippen LogP contribution in [0.1, 0.15) is 47.3 Å². The van der Waals surface area contributed by atoms with Crippen molar-refractivity contribution in [3.05, 3.63) is 47.2 Å². The number of carbonyl (C=O) groups excluding carboxylic acids is 2. The Morgan fingerprint density at radius 2 is 2.00 bits per heavy atom. The fraction of sp³-hybridized carbons (Fsp3) is 0.474. The summed E-state index contributed by atoms with van der Waals surface area (Å²) in [6.07, 6.45) is 2.89. The van der Waals surface area contributed by atoms with Crippen LogP contribution in [0.25, 0.3) is 0 Å². The Labute approximate surface area is 147 Å². The number of rotatable bonds is 5. The van der Waals surface area contributed by atoms with Gasteiger partial charge < -0.3 is 18.6 Å². The van der Waals surface area contributed by atoms with Gasteiger partial charge in [-0.25, -0.2) is 4.79 Å². The predicted octanol–water partition coefficient (Wildman–Crippen LogP) is 2.91. The number of carbonyl (C=O) groups is 2. The van der Waals surface area contributed by atoms with Crippen molar-refractivity contribution in [1.82, 2.24) is 9.47 Å². The Balaban J connectivity index is 1.70. The van der Waals surface area contributed by atoms with Crippen LogP contribution in [0.15, 0.2) is 28.9 Å². The van der Waals surface area contributed by atoms with Gasteiger partial charge >= 0.3 is 5.97 Å². The third-order valence-corrected chi connectivity index (χ3v) is 4.74. The zero-order valence-electron chi connectivity index (χ0n) is 14.9. The largest absolute Gasteiger partial charge is 0.467 e. The van der Waals surface area contributed by atoms with E-state index in [1.807, 2.05) is 30.5 Å². The summed E-state index contributed by atoms with van der Waals surface area (Å²) < 4.78 is 12.8. The van der Waals surface area contributed by atoms with Crippen molar-refractivity contribution in [1.29, 1.82) is 0 Å². The highest BCUT2D eigenvalue weighted by Crippen LogP contribution is 2.19. The highest BCUT2D eigenvalue weighted by atomic mass is 16.5. The van der Waals surface area contributed by atoms with E-state index in [2.05, 4.69) is 0 Å². The van der Waals surface area contributed by atoms with Gasteiger partial charge in [0, 0.05) is 24.5 Å². The lowest BCUT2D eigenvalue weighted by atomic mass is 10.2. The van der Waals surface area contributed by atoms with Crippen LogP contribution in [0.5, 0.6) is 0 Å². The summed E-state index contributed by atoms with van der Waals surface area (Å²) >= 11 is 0. The monoisotopic (exact) mass is 344 g/mol. The van der Waals surface area contributed by atoms with Gasteiger partial charge in [0.1, 0.15) is 5.76 Å². The molecule has 0 unspecified atom stereocenters. The van der Waals surface area contributed by atoms with Gasteiger partial charge in [0.15, 0.2) is 6.10 Å². The average molecular weight is 344 g/mol. The molecule has 1 aliphatic heterocycles. The van der Waals surface area contributed by atoms with Crippen molar-refractivity contribution in [2.24, 2.45) is 0 Å². The molecular weight excluding hydrogens is 320 g/mol. The van der Waals surface area contributed by atoms with Crippen molar-refractivity contribution in [2.45, 2.75) is 46.3 Å². The smallest absolute Gasteiger partial charge is 0.340 e. The van der Waals surface area contributed by atoms with Gasteiger partial charge in [-0.1, -0.05) is 0 Å². The second-order valence-electron chi connectivity index (χ2n) is 6.53. The maximum Gasteiger partial charge on any atom is 0.340 e. The molecule has 0 spiro atoms. The molecule has 25 heavy (non-hydrogen) atoms. The van der Waals surface area contributed by atoms with Crippen LogP contribution in [0.3, 0.4) is 0 Å². The van der Waals surface area contributed by atoms with Gasteiger partial charge in [-0.15, -0.1) is 0 Å². The molecular formula is C19H24N2O4. The van der Waals surface area contributed by atoms with Gasteiger partial charge in [-0.3, -0.25) is 4.79 Å². The van der Waals surface area contributed by atoms with Gasteiger partial charge in [0.2, 0.25) is 0 Å². The molecule has 1 amide bonds. The van der Waals surface area contributed by atoms with Crippen molar-refractivity contribution >= 4 is 11.9 Å². The molecule has 2 aromatic rings. The summed E-state index contributed by atoms with van der Waals surface area (Å²) in [7, 11) is 0. The maximum atomic E-state index is 12.5. The molecule has 0 aromatic carbocycles. The molecule has 6 nitrogen and oxygen atoms in total. The number of hydrogen-bond donors (Lipinski definition) is 0. The van der Waals surface area contributed by atoms with Gasteiger partial charge in [-0.2, -0.15) is 0 Å². The molecule has 3 heterocycles. The third kappa shape index (κ3) is 3.62. The van der Waals surface area contributed by atoms with Crippen molar-refractivity contribution < 1.29 is 18.7 Å². The minimum atomic E-state index is -0.765. The fourth-order valence-corrected chi connectivity index (χ4v) is 3.28. The maximum absolute atomic E-state index is 12.5. The molecule has 6 heteroatoms. The molecule has 1 saturated heterocycles. The standard InChI is InChI=1S/C19H24N2O4/c1-13-11-17(14(2)21(13)12-16-7-6-10-24-16)19(23)25-15(3)18(22)20-8-4-5-9-20/h6-7,10-11,15H,4-5,8-9,12H2,1-3H3/t15-/m1/s1. The number of aromatic nitrogens is 1. The number of nitrogens with zero attached hydrogens (tertiary/aromatic N) is 2. The molecule has 0 N–H and O–H groups in total. The lowest BCUT2D eigenvalue weighted by Gasteiger charge is -2.20. The summed E-state index contributed by atoms with van der Waals surface area (Å²) in [6.45, 7) is 7.50. The zero-order valence-corrected chi connectivity index (χ0v) is 14.9. The van der Waals surface area contributed by atoms with E-state index in [4.69, 9.17) is 9.15 Å². The second kappa shape index (κ2) is 7.17. The quantitative estimate of drug-likeness (QED) is 0.782. The van der Waals surface area contributed by atoms with Crippen molar-refractivity contribution in [2.75, 3.05) is 13.1 Å². The zero-order chi connectivity index (χ0) is 18.0. The summed E-state index contributed by atoms with van der Waals surface area (Å²) in [5, 5.41) is 0. The van der Waals surface area contributed by atoms with E-state index >= 15 is 0 Å². The first-order valence-corrected chi connectivity index (χ1v) is 8.66. The molecule has 0 saturated carbocycles. The van der Waals surface area contributed by atoms with Crippen LogP contribution in [0.4, 0.5) is 0 Å². The average Bonchev–Trinajstić information content (AvgIpc) is 3.32. The van der Waals surface area contributed by atoms with Crippen LogP contribution in [0, 0.1) is 13.8 Å². The minimum Gasteiger partial charge on any atom is -0.467 e. The van der Waals surface area contributed by atoms with Crippen molar-refractivity contribution in [3.63, 3.8) is 0 Å². The first kappa shape index (κ1) is 17.3. The lowest BCUT2D eigenvalue weighted by Crippen LogP contribution is -2.38.